The largest absolute Gasteiger partial charge is 0.504 e. The maximum Gasteiger partial charge on any atom is 0.234 e. The zero-order valence-corrected chi connectivity index (χ0v) is 15.0. The number of hydrogen-bond donors (Lipinski definition) is 3. The molecule has 0 saturated heterocycles. The Hall–Kier alpha value is -3.47. The predicted octanol–water partition coefficient (Wildman–Crippen LogP) is 4.22. The molecule has 27 heavy (non-hydrogen) atoms. The molecule has 138 valence electrons. The minimum atomic E-state index is -0.341. The van der Waals surface area contributed by atoms with Crippen LogP contribution < -0.4 is 10.6 Å². The summed E-state index contributed by atoms with van der Waals surface area (Å²) in [5.41, 5.74) is 8.70. The van der Waals surface area contributed by atoms with E-state index in [1.165, 1.54) is 12.1 Å². The second kappa shape index (κ2) is 7.83. The zero-order chi connectivity index (χ0) is 19.4. The third-order valence-corrected chi connectivity index (χ3v) is 4.39. The van der Waals surface area contributed by atoms with Crippen molar-refractivity contribution in [3.63, 3.8) is 0 Å². The number of phenols is 2. The average molecular weight is 362 g/mol. The van der Waals surface area contributed by atoms with Gasteiger partial charge in [-0.25, -0.2) is 0 Å². The summed E-state index contributed by atoms with van der Waals surface area (Å²) >= 11 is 0. The number of phenolic OH excluding ortho intramolecular Hbond substituents is 2. The van der Waals surface area contributed by atoms with Gasteiger partial charge in [0.25, 0.3) is 0 Å². The Morgan fingerprint density at radius 2 is 1.56 bits per heavy atom. The van der Waals surface area contributed by atoms with Crippen molar-refractivity contribution in [3.05, 3.63) is 78.4 Å². The highest BCUT2D eigenvalue weighted by atomic mass is 16.3. The lowest BCUT2D eigenvalue weighted by Gasteiger charge is -2.26. The number of nitrogens with two attached hydrogens (primary N) is 1. The molecule has 3 aromatic carbocycles. The summed E-state index contributed by atoms with van der Waals surface area (Å²) in [6.07, 6.45) is 0.435. The van der Waals surface area contributed by atoms with E-state index in [1.807, 2.05) is 49.4 Å². The van der Waals surface area contributed by atoms with E-state index < -0.39 is 0 Å². The van der Waals surface area contributed by atoms with Crippen LogP contribution in [0.5, 0.6) is 11.5 Å². The van der Waals surface area contributed by atoms with Crippen molar-refractivity contribution in [3.8, 4) is 11.5 Å². The molecular formula is C22H22N2O3. The monoisotopic (exact) mass is 362 g/mol. The lowest BCUT2D eigenvalue weighted by atomic mass is 9.98. The maximum absolute atomic E-state index is 13.3. The van der Waals surface area contributed by atoms with Gasteiger partial charge < -0.3 is 15.9 Å². The molecule has 5 nitrogen and oxygen atoms in total. The number of carbonyl (C=O) groups excluding carboxylic acids is 1. The molecule has 5 heteroatoms. The van der Waals surface area contributed by atoms with Gasteiger partial charge in [0, 0.05) is 23.0 Å². The number of hydrogen-bond acceptors (Lipinski definition) is 4. The van der Waals surface area contributed by atoms with Gasteiger partial charge in [-0.3, -0.25) is 9.69 Å². The molecule has 1 amide bonds. The van der Waals surface area contributed by atoms with Gasteiger partial charge in [0.1, 0.15) is 0 Å². The topological polar surface area (TPSA) is 86.8 Å². The van der Waals surface area contributed by atoms with Crippen molar-refractivity contribution >= 4 is 23.0 Å². The minimum Gasteiger partial charge on any atom is -0.504 e. The smallest absolute Gasteiger partial charge is 0.234 e. The molecule has 3 aromatic rings. The van der Waals surface area contributed by atoms with Gasteiger partial charge in [-0.15, -0.1) is 0 Å². The fourth-order valence-electron chi connectivity index (χ4n) is 2.96. The Labute approximate surface area is 158 Å². The first kappa shape index (κ1) is 18.3. The van der Waals surface area contributed by atoms with Crippen molar-refractivity contribution in [1.29, 1.82) is 0 Å². The van der Waals surface area contributed by atoms with Crippen molar-refractivity contribution in [1.82, 2.24) is 0 Å². The number of rotatable bonds is 5. The lowest BCUT2D eigenvalue weighted by Crippen LogP contribution is -2.32. The first-order valence-corrected chi connectivity index (χ1v) is 8.71. The van der Waals surface area contributed by atoms with E-state index >= 15 is 0 Å². The standard InChI is InChI=1S/C22H22N2O3/c1-15(13-16-7-12-20(25)21(26)14-16)22(27)24(18-5-3-2-4-6-18)19-10-8-17(23)9-11-19/h2-12,14-15,25-26H,13,23H2,1H3. The van der Waals surface area contributed by atoms with Crippen molar-refractivity contribution in [2.75, 3.05) is 10.6 Å². The van der Waals surface area contributed by atoms with Crippen LogP contribution >= 0.6 is 0 Å². The van der Waals surface area contributed by atoms with Gasteiger partial charge in [0.15, 0.2) is 11.5 Å². The number of para-hydroxylation sites is 1. The first-order valence-electron chi connectivity index (χ1n) is 8.71. The van der Waals surface area contributed by atoms with Crippen LogP contribution in [0.2, 0.25) is 0 Å². The highest BCUT2D eigenvalue weighted by Crippen LogP contribution is 2.30. The van der Waals surface area contributed by atoms with Crippen LogP contribution in [-0.2, 0) is 11.2 Å². The number of carbonyl (C=O) groups is 1. The second-order valence-electron chi connectivity index (χ2n) is 6.53. The molecule has 0 fully saturated rings. The number of amides is 1. The van der Waals surface area contributed by atoms with E-state index in [0.717, 1.165) is 16.9 Å². The molecule has 0 saturated carbocycles. The van der Waals surface area contributed by atoms with E-state index in [4.69, 9.17) is 5.73 Å². The minimum absolute atomic E-state index is 0.0708. The van der Waals surface area contributed by atoms with E-state index in [-0.39, 0.29) is 23.3 Å². The van der Waals surface area contributed by atoms with Crippen LogP contribution in [0.1, 0.15) is 12.5 Å². The number of nitrogen functional groups attached to an aromatic ring is 1. The Morgan fingerprint density at radius 3 is 2.19 bits per heavy atom. The normalized spacial score (nSPS) is 11.7. The van der Waals surface area contributed by atoms with Gasteiger partial charge >= 0.3 is 0 Å². The summed E-state index contributed by atoms with van der Waals surface area (Å²) in [5.74, 6) is -0.777. The number of anilines is 3. The molecule has 0 aliphatic carbocycles. The number of nitrogens with zero attached hydrogens (tertiary/aromatic N) is 1. The first-order chi connectivity index (χ1) is 13.0. The van der Waals surface area contributed by atoms with Gasteiger partial charge in [-0.2, -0.15) is 0 Å². The third kappa shape index (κ3) is 4.20. The van der Waals surface area contributed by atoms with E-state index in [9.17, 15) is 15.0 Å². The molecule has 0 radical (unpaired) electrons. The van der Waals surface area contributed by atoms with Crippen LogP contribution in [0, 0.1) is 5.92 Å². The molecule has 0 spiro atoms. The van der Waals surface area contributed by atoms with Crippen LogP contribution in [-0.4, -0.2) is 16.1 Å². The summed E-state index contributed by atoms with van der Waals surface area (Å²) in [7, 11) is 0. The quantitative estimate of drug-likeness (QED) is 0.468. The molecular weight excluding hydrogens is 340 g/mol. The molecule has 0 aromatic heterocycles. The predicted molar refractivity (Wildman–Crippen MR) is 107 cm³/mol. The van der Waals surface area contributed by atoms with Crippen LogP contribution in [0.3, 0.4) is 0 Å². The van der Waals surface area contributed by atoms with Crippen molar-refractivity contribution in [2.24, 2.45) is 5.92 Å². The summed E-state index contributed by atoms with van der Waals surface area (Å²) in [6, 6.07) is 21.2. The average Bonchev–Trinajstić information content (AvgIpc) is 2.67. The van der Waals surface area contributed by atoms with Gasteiger partial charge in [0.2, 0.25) is 5.91 Å². The highest BCUT2D eigenvalue weighted by molar-refractivity contribution is 6.01. The molecule has 4 N–H and O–H groups in total. The van der Waals surface area contributed by atoms with Crippen LogP contribution in [0.4, 0.5) is 17.1 Å². The van der Waals surface area contributed by atoms with Crippen molar-refractivity contribution < 1.29 is 15.0 Å². The second-order valence-corrected chi connectivity index (χ2v) is 6.53. The summed E-state index contributed by atoms with van der Waals surface area (Å²) in [5, 5.41) is 19.1. The van der Waals surface area contributed by atoms with Gasteiger partial charge in [-0.1, -0.05) is 31.2 Å². The Bertz CT molecular complexity index is 924. The lowest BCUT2D eigenvalue weighted by molar-refractivity contribution is -0.121. The molecule has 0 aliphatic rings. The van der Waals surface area contributed by atoms with Gasteiger partial charge in [-0.05, 0) is 60.5 Å². The van der Waals surface area contributed by atoms with Crippen molar-refractivity contribution in [2.45, 2.75) is 13.3 Å². The molecule has 1 unspecified atom stereocenters. The molecule has 1 atom stereocenters. The molecule has 3 rings (SSSR count). The third-order valence-electron chi connectivity index (χ3n) is 4.39. The van der Waals surface area contributed by atoms with Crippen LogP contribution in [0.15, 0.2) is 72.8 Å². The SMILES string of the molecule is CC(Cc1ccc(O)c(O)c1)C(=O)N(c1ccccc1)c1ccc(N)cc1. The fraction of sp³-hybridized carbons (Fsp3) is 0.136. The Balaban J connectivity index is 1.90. The highest BCUT2D eigenvalue weighted by Gasteiger charge is 2.24. The summed E-state index contributed by atoms with van der Waals surface area (Å²) < 4.78 is 0. The zero-order valence-electron chi connectivity index (χ0n) is 15.0. The summed E-state index contributed by atoms with van der Waals surface area (Å²) in [6.45, 7) is 1.85. The molecule has 0 bridgehead atoms. The maximum atomic E-state index is 13.3. The molecule has 0 aliphatic heterocycles. The molecule has 0 heterocycles. The van der Waals surface area contributed by atoms with Gasteiger partial charge in [0.05, 0.1) is 0 Å². The summed E-state index contributed by atoms with van der Waals surface area (Å²) in [4.78, 5) is 14.9. The number of benzene rings is 3. The van der Waals surface area contributed by atoms with E-state index in [2.05, 4.69) is 0 Å². The fourth-order valence-corrected chi connectivity index (χ4v) is 2.96. The Kier molecular flexibility index (Phi) is 5.31. The van der Waals surface area contributed by atoms with E-state index in [1.54, 1.807) is 23.1 Å². The number of aromatic hydroxyl groups is 2. The Morgan fingerprint density at radius 1 is 0.926 bits per heavy atom. The van der Waals surface area contributed by atoms with E-state index in [0.29, 0.717) is 12.1 Å². The van der Waals surface area contributed by atoms with Crippen LogP contribution in [0.25, 0.3) is 0 Å².